The Morgan fingerprint density at radius 2 is 2.44 bits per heavy atom. The van der Waals surface area contributed by atoms with Crippen LogP contribution in [-0.4, -0.2) is 22.0 Å². The van der Waals surface area contributed by atoms with Crippen molar-refractivity contribution in [1.29, 1.82) is 0 Å². The van der Waals surface area contributed by atoms with E-state index in [4.69, 9.17) is 10.2 Å². The second kappa shape index (κ2) is 5.47. The summed E-state index contributed by atoms with van der Waals surface area (Å²) in [5.74, 6) is 2.89. The standard InChI is InChI=1S/C10H13N3OS2/c1-7(11)5-15-6-9-12-13-10(14-9)8-3-2-4-16-8/h2-4,7H,5-6,11H2,1H3. The van der Waals surface area contributed by atoms with Crippen molar-refractivity contribution < 1.29 is 4.42 Å². The number of nitrogens with zero attached hydrogens (tertiary/aromatic N) is 2. The minimum absolute atomic E-state index is 0.199. The minimum atomic E-state index is 0.199. The SMILES string of the molecule is CC(N)CSCc1nnc(-c2cccs2)o1. The molecule has 2 N–H and O–H groups in total. The van der Waals surface area contributed by atoms with Gasteiger partial charge in [-0.25, -0.2) is 0 Å². The predicted molar refractivity (Wildman–Crippen MR) is 67.4 cm³/mol. The van der Waals surface area contributed by atoms with Crippen LogP contribution in [0.3, 0.4) is 0 Å². The zero-order valence-corrected chi connectivity index (χ0v) is 10.6. The summed E-state index contributed by atoms with van der Waals surface area (Å²) < 4.78 is 5.54. The quantitative estimate of drug-likeness (QED) is 0.888. The van der Waals surface area contributed by atoms with Gasteiger partial charge in [-0.05, 0) is 18.4 Å². The van der Waals surface area contributed by atoms with E-state index in [1.807, 2.05) is 24.4 Å². The van der Waals surface area contributed by atoms with Crippen LogP contribution in [0.1, 0.15) is 12.8 Å². The van der Waals surface area contributed by atoms with Crippen molar-refractivity contribution in [3.8, 4) is 10.8 Å². The number of thiophene rings is 1. The van der Waals surface area contributed by atoms with Crippen molar-refractivity contribution in [1.82, 2.24) is 10.2 Å². The van der Waals surface area contributed by atoms with Gasteiger partial charge in [0, 0.05) is 11.8 Å². The lowest BCUT2D eigenvalue weighted by Gasteiger charge is -2.01. The van der Waals surface area contributed by atoms with Gasteiger partial charge in [0.1, 0.15) is 0 Å². The Morgan fingerprint density at radius 3 is 3.12 bits per heavy atom. The number of thioether (sulfide) groups is 1. The molecule has 0 radical (unpaired) electrons. The van der Waals surface area contributed by atoms with E-state index in [-0.39, 0.29) is 6.04 Å². The first-order valence-electron chi connectivity index (χ1n) is 4.95. The van der Waals surface area contributed by atoms with E-state index in [1.54, 1.807) is 23.1 Å². The summed E-state index contributed by atoms with van der Waals surface area (Å²) in [6.45, 7) is 1.98. The van der Waals surface area contributed by atoms with E-state index < -0.39 is 0 Å². The number of aromatic nitrogens is 2. The molecule has 1 unspecified atom stereocenters. The van der Waals surface area contributed by atoms with Gasteiger partial charge >= 0.3 is 0 Å². The van der Waals surface area contributed by atoms with Crippen molar-refractivity contribution in [2.24, 2.45) is 5.73 Å². The van der Waals surface area contributed by atoms with Gasteiger partial charge in [0.25, 0.3) is 5.89 Å². The maximum atomic E-state index is 5.65. The molecule has 4 nitrogen and oxygen atoms in total. The van der Waals surface area contributed by atoms with Gasteiger partial charge < -0.3 is 10.2 Å². The second-order valence-corrected chi connectivity index (χ2v) is 5.45. The zero-order chi connectivity index (χ0) is 11.4. The maximum absolute atomic E-state index is 5.65. The molecule has 2 aromatic heterocycles. The molecule has 2 heterocycles. The van der Waals surface area contributed by atoms with Crippen molar-refractivity contribution >= 4 is 23.1 Å². The Hall–Kier alpha value is -0.850. The van der Waals surface area contributed by atoms with E-state index in [9.17, 15) is 0 Å². The third-order valence-corrected chi connectivity index (χ3v) is 3.88. The van der Waals surface area contributed by atoms with Crippen LogP contribution in [0.25, 0.3) is 10.8 Å². The van der Waals surface area contributed by atoms with Gasteiger partial charge in [-0.3, -0.25) is 0 Å². The first kappa shape index (κ1) is 11.6. The first-order valence-corrected chi connectivity index (χ1v) is 6.98. The minimum Gasteiger partial charge on any atom is -0.419 e. The largest absolute Gasteiger partial charge is 0.419 e. The van der Waals surface area contributed by atoms with Crippen LogP contribution in [0.4, 0.5) is 0 Å². The van der Waals surface area contributed by atoms with Crippen molar-refractivity contribution in [3.05, 3.63) is 23.4 Å². The third kappa shape index (κ3) is 3.07. The fourth-order valence-electron chi connectivity index (χ4n) is 1.14. The topological polar surface area (TPSA) is 64.9 Å². The monoisotopic (exact) mass is 255 g/mol. The Labute approximate surface area is 102 Å². The van der Waals surface area contributed by atoms with Crippen LogP contribution >= 0.6 is 23.1 Å². The molecule has 6 heteroatoms. The summed E-state index contributed by atoms with van der Waals surface area (Å²) >= 11 is 3.30. The lowest BCUT2D eigenvalue weighted by atomic mass is 10.4. The highest BCUT2D eigenvalue weighted by molar-refractivity contribution is 7.98. The summed E-state index contributed by atoms with van der Waals surface area (Å²) in [4.78, 5) is 1.01. The Morgan fingerprint density at radius 1 is 1.56 bits per heavy atom. The van der Waals surface area contributed by atoms with Crippen LogP contribution in [0.5, 0.6) is 0 Å². The molecule has 0 amide bonds. The third-order valence-electron chi connectivity index (χ3n) is 1.81. The van der Waals surface area contributed by atoms with Crippen molar-refractivity contribution in [2.45, 2.75) is 18.7 Å². The predicted octanol–water partition coefficient (Wildman–Crippen LogP) is 2.38. The van der Waals surface area contributed by atoms with E-state index in [0.29, 0.717) is 11.8 Å². The lowest BCUT2D eigenvalue weighted by molar-refractivity contribution is 0.529. The molecule has 0 saturated carbocycles. The van der Waals surface area contributed by atoms with Crippen molar-refractivity contribution in [3.63, 3.8) is 0 Å². The fourth-order valence-corrected chi connectivity index (χ4v) is 2.57. The molecule has 1 atom stereocenters. The molecular formula is C10H13N3OS2. The molecule has 0 saturated heterocycles. The number of hydrogen-bond donors (Lipinski definition) is 1. The molecule has 0 spiro atoms. The van der Waals surface area contributed by atoms with Crippen LogP contribution in [-0.2, 0) is 5.75 Å². The molecule has 0 bridgehead atoms. The van der Waals surface area contributed by atoms with Gasteiger partial charge in [-0.15, -0.1) is 21.5 Å². The normalized spacial score (nSPS) is 12.9. The smallest absolute Gasteiger partial charge is 0.257 e. The van der Waals surface area contributed by atoms with E-state index in [0.717, 1.165) is 16.4 Å². The Kier molecular flexibility index (Phi) is 3.98. The summed E-state index contributed by atoms with van der Waals surface area (Å²) in [6, 6.07) is 4.14. The molecule has 0 fully saturated rings. The van der Waals surface area contributed by atoms with Gasteiger partial charge in [0.2, 0.25) is 5.89 Å². The fraction of sp³-hybridized carbons (Fsp3) is 0.400. The number of hydrogen-bond acceptors (Lipinski definition) is 6. The second-order valence-electron chi connectivity index (χ2n) is 3.47. The molecule has 0 aliphatic carbocycles. The van der Waals surface area contributed by atoms with Gasteiger partial charge in [0.05, 0.1) is 10.6 Å². The molecule has 0 aliphatic heterocycles. The van der Waals surface area contributed by atoms with Gasteiger partial charge in [-0.2, -0.15) is 11.8 Å². The van der Waals surface area contributed by atoms with Gasteiger partial charge in [-0.1, -0.05) is 6.07 Å². The summed E-state index contributed by atoms with van der Waals surface area (Å²) in [5.41, 5.74) is 5.65. The van der Waals surface area contributed by atoms with Crippen LogP contribution in [0.2, 0.25) is 0 Å². The maximum Gasteiger partial charge on any atom is 0.257 e. The number of nitrogens with two attached hydrogens (primary N) is 1. The molecule has 2 rings (SSSR count). The molecular weight excluding hydrogens is 242 g/mol. The Balaban J connectivity index is 1.93. The van der Waals surface area contributed by atoms with Crippen molar-refractivity contribution in [2.75, 3.05) is 5.75 Å². The zero-order valence-electron chi connectivity index (χ0n) is 8.92. The van der Waals surface area contributed by atoms with E-state index in [1.165, 1.54) is 0 Å². The first-order chi connectivity index (χ1) is 7.75. The summed E-state index contributed by atoms with van der Waals surface area (Å²) in [5, 5.41) is 9.99. The number of rotatable bonds is 5. The molecule has 86 valence electrons. The average Bonchev–Trinajstić information content (AvgIpc) is 2.85. The van der Waals surface area contributed by atoms with Crippen LogP contribution < -0.4 is 5.73 Å². The van der Waals surface area contributed by atoms with Crippen LogP contribution in [0.15, 0.2) is 21.9 Å². The highest BCUT2D eigenvalue weighted by Crippen LogP contribution is 2.24. The lowest BCUT2D eigenvalue weighted by Crippen LogP contribution is -2.17. The molecule has 2 aromatic rings. The van der Waals surface area contributed by atoms with E-state index >= 15 is 0 Å². The van der Waals surface area contributed by atoms with Gasteiger partial charge in [0.15, 0.2) is 0 Å². The highest BCUT2D eigenvalue weighted by Gasteiger charge is 2.09. The average molecular weight is 255 g/mol. The summed E-state index contributed by atoms with van der Waals surface area (Å²) in [6.07, 6.45) is 0. The Bertz CT molecular complexity index is 425. The highest BCUT2D eigenvalue weighted by atomic mass is 32.2. The molecule has 0 aromatic carbocycles. The van der Waals surface area contributed by atoms with E-state index in [2.05, 4.69) is 10.2 Å². The van der Waals surface area contributed by atoms with Crippen LogP contribution in [0, 0.1) is 0 Å². The molecule has 0 aliphatic rings. The summed E-state index contributed by atoms with van der Waals surface area (Å²) in [7, 11) is 0. The molecule has 16 heavy (non-hydrogen) atoms.